The molecule has 0 spiro atoms. The topological polar surface area (TPSA) is 47.3 Å². The number of halogens is 2. The van der Waals surface area contributed by atoms with Gasteiger partial charge >= 0.3 is 0 Å². The van der Waals surface area contributed by atoms with Crippen LogP contribution in [0.25, 0.3) is 0 Å². The molecule has 0 bridgehead atoms. The molecule has 102 valence electrons. The summed E-state index contributed by atoms with van der Waals surface area (Å²) in [5.41, 5.74) is 2.09. The number of rotatable bonds is 6. The van der Waals surface area contributed by atoms with Crippen molar-refractivity contribution in [1.29, 1.82) is 0 Å². The Bertz CT molecular complexity index is 376. The molecule has 1 rings (SSSR count). The third-order valence-electron chi connectivity index (χ3n) is 3.14. The molecule has 0 saturated carbocycles. The first kappa shape index (κ1) is 15.0. The van der Waals surface area contributed by atoms with Gasteiger partial charge in [-0.05, 0) is 38.8 Å². The van der Waals surface area contributed by atoms with Crippen molar-refractivity contribution >= 4 is 0 Å². The maximum Gasteiger partial charge on any atom is 0.130 e. The second-order valence-electron chi connectivity index (χ2n) is 4.86. The zero-order valence-electron chi connectivity index (χ0n) is 11.0. The highest BCUT2D eigenvalue weighted by atomic mass is 19.1. The zero-order chi connectivity index (χ0) is 13.8. The number of hydrazine groups is 1. The van der Waals surface area contributed by atoms with Crippen LogP contribution in [0.1, 0.15) is 38.3 Å². The first-order valence-corrected chi connectivity index (χ1v) is 5.86. The van der Waals surface area contributed by atoms with Gasteiger partial charge in [0.25, 0.3) is 0 Å². The van der Waals surface area contributed by atoms with Crippen molar-refractivity contribution in [3.05, 3.63) is 35.4 Å². The normalized spacial score (nSPS) is 13.7. The molecule has 0 amide bonds. The molecule has 5 heteroatoms. The number of ether oxygens (including phenoxy) is 1. The molecule has 0 aliphatic rings. The van der Waals surface area contributed by atoms with Gasteiger partial charge in [-0.15, -0.1) is 0 Å². The molecule has 0 radical (unpaired) electrons. The predicted molar refractivity (Wildman–Crippen MR) is 66.7 cm³/mol. The van der Waals surface area contributed by atoms with Crippen molar-refractivity contribution in [3.63, 3.8) is 0 Å². The van der Waals surface area contributed by atoms with Gasteiger partial charge in [-0.3, -0.25) is 11.3 Å². The summed E-state index contributed by atoms with van der Waals surface area (Å²) in [6.45, 7) is 3.83. The Kier molecular flexibility index (Phi) is 5.19. The minimum atomic E-state index is -0.590. The van der Waals surface area contributed by atoms with E-state index in [1.807, 2.05) is 13.8 Å². The van der Waals surface area contributed by atoms with Gasteiger partial charge in [0.2, 0.25) is 0 Å². The summed E-state index contributed by atoms with van der Waals surface area (Å²) in [4.78, 5) is 0. The van der Waals surface area contributed by atoms with Gasteiger partial charge in [0.15, 0.2) is 0 Å². The van der Waals surface area contributed by atoms with Crippen LogP contribution in [0.3, 0.4) is 0 Å². The van der Waals surface area contributed by atoms with Crippen LogP contribution in [0, 0.1) is 11.6 Å². The van der Waals surface area contributed by atoms with Crippen molar-refractivity contribution in [2.45, 2.75) is 38.3 Å². The molecule has 1 unspecified atom stereocenters. The van der Waals surface area contributed by atoms with Crippen LogP contribution in [0.2, 0.25) is 0 Å². The second kappa shape index (κ2) is 6.22. The Labute approximate surface area is 106 Å². The molecule has 3 nitrogen and oxygen atoms in total. The van der Waals surface area contributed by atoms with Crippen molar-refractivity contribution in [3.8, 4) is 0 Å². The number of benzene rings is 1. The quantitative estimate of drug-likeness (QED) is 0.609. The van der Waals surface area contributed by atoms with E-state index >= 15 is 0 Å². The van der Waals surface area contributed by atoms with E-state index < -0.39 is 17.7 Å². The van der Waals surface area contributed by atoms with E-state index in [4.69, 9.17) is 10.6 Å². The number of nitrogens with two attached hydrogens (primary N) is 1. The number of methoxy groups -OCH3 is 1. The molecule has 0 aliphatic carbocycles. The van der Waals surface area contributed by atoms with Gasteiger partial charge < -0.3 is 4.74 Å². The van der Waals surface area contributed by atoms with Crippen LogP contribution in [0.4, 0.5) is 8.78 Å². The van der Waals surface area contributed by atoms with Crippen molar-refractivity contribution in [2.24, 2.45) is 5.84 Å². The number of hydrogen-bond acceptors (Lipinski definition) is 3. The molecule has 0 heterocycles. The average Bonchev–Trinajstić information content (AvgIpc) is 2.33. The van der Waals surface area contributed by atoms with Crippen LogP contribution >= 0.6 is 0 Å². The fourth-order valence-corrected chi connectivity index (χ4v) is 1.75. The summed E-state index contributed by atoms with van der Waals surface area (Å²) in [5.74, 6) is 4.21. The number of hydrogen-bond donors (Lipinski definition) is 2. The fraction of sp³-hybridized carbons (Fsp3) is 0.538. The standard InChI is InChI=1S/C13H20F2N2O/c1-13(2,18-3)8-7-11(17-16)12-9(14)5-4-6-10(12)15/h4-6,11,17H,7-8,16H2,1-3H3. The maximum absolute atomic E-state index is 13.6. The molecule has 0 aliphatic heterocycles. The van der Waals surface area contributed by atoms with E-state index in [-0.39, 0.29) is 11.2 Å². The minimum absolute atomic E-state index is 0.0214. The van der Waals surface area contributed by atoms with Gasteiger partial charge in [-0.2, -0.15) is 0 Å². The highest BCUT2D eigenvalue weighted by Crippen LogP contribution is 2.27. The van der Waals surface area contributed by atoms with E-state index in [0.29, 0.717) is 12.8 Å². The average molecular weight is 258 g/mol. The van der Waals surface area contributed by atoms with Gasteiger partial charge in [-0.1, -0.05) is 6.07 Å². The summed E-state index contributed by atoms with van der Waals surface area (Å²) in [6, 6.07) is 3.22. The third kappa shape index (κ3) is 3.73. The van der Waals surface area contributed by atoms with E-state index in [9.17, 15) is 8.78 Å². The Balaban J connectivity index is 2.84. The molecule has 0 saturated heterocycles. The molecule has 0 fully saturated rings. The molecule has 1 aromatic rings. The summed E-state index contributed by atoms with van der Waals surface area (Å²) in [5, 5.41) is 0. The van der Waals surface area contributed by atoms with E-state index in [1.54, 1.807) is 7.11 Å². The van der Waals surface area contributed by atoms with Crippen LogP contribution in [-0.4, -0.2) is 12.7 Å². The van der Waals surface area contributed by atoms with Gasteiger partial charge in [0, 0.05) is 12.7 Å². The molecule has 1 aromatic carbocycles. The Morgan fingerprint density at radius 3 is 2.33 bits per heavy atom. The van der Waals surface area contributed by atoms with Gasteiger partial charge in [0.05, 0.1) is 11.6 Å². The largest absolute Gasteiger partial charge is 0.379 e. The van der Waals surface area contributed by atoms with Crippen molar-refractivity contribution in [2.75, 3.05) is 7.11 Å². The van der Waals surface area contributed by atoms with Crippen molar-refractivity contribution in [1.82, 2.24) is 5.43 Å². The molecular formula is C13H20F2N2O. The van der Waals surface area contributed by atoms with Crippen LogP contribution in [0.5, 0.6) is 0 Å². The zero-order valence-corrected chi connectivity index (χ0v) is 11.0. The van der Waals surface area contributed by atoms with Crippen LogP contribution < -0.4 is 11.3 Å². The molecule has 1 atom stereocenters. The lowest BCUT2D eigenvalue weighted by Gasteiger charge is -2.26. The summed E-state index contributed by atoms with van der Waals surface area (Å²) in [6.07, 6.45) is 1.11. The smallest absolute Gasteiger partial charge is 0.130 e. The first-order valence-electron chi connectivity index (χ1n) is 5.86. The molecule has 3 N–H and O–H groups in total. The van der Waals surface area contributed by atoms with Crippen molar-refractivity contribution < 1.29 is 13.5 Å². The second-order valence-corrected chi connectivity index (χ2v) is 4.86. The number of nitrogens with one attached hydrogen (secondary N) is 1. The Morgan fingerprint density at radius 1 is 1.33 bits per heavy atom. The summed E-state index contributed by atoms with van der Waals surface area (Å²) < 4.78 is 32.5. The monoisotopic (exact) mass is 258 g/mol. The maximum atomic E-state index is 13.6. The molecule has 0 aromatic heterocycles. The SMILES string of the molecule is COC(C)(C)CCC(NN)c1c(F)cccc1F. The first-order chi connectivity index (χ1) is 8.41. The Morgan fingerprint density at radius 2 is 1.89 bits per heavy atom. The lowest BCUT2D eigenvalue weighted by molar-refractivity contribution is 0.0115. The predicted octanol–water partition coefficient (Wildman–Crippen LogP) is 2.67. The third-order valence-corrected chi connectivity index (χ3v) is 3.14. The van der Waals surface area contributed by atoms with Crippen LogP contribution in [0.15, 0.2) is 18.2 Å². The summed E-state index contributed by atoms with van der Waals surface area (Å²) >= 11 is 0. The van der Waals surface area contributed by atoms with Crippen LogP contribution in [-0.2, 0) is 4.74 Å². The Hall–Kier alpha value is -1.04. The lowest BCUT2D eigenvalue weighted by atomic mass is 9.94. The van der Waals surface area contributed by atoms with E-state index in [1.165, 1.54) is 18.2 Å². The summed E-state index contributed by atoms with van der Waals surface area (Å²) in [7, 11) is 1.61. The van der Waals surface area contributed by atoms with E-state index in [0.717, 1.165) is 0 Å². The minimum Gasteiger partial charge on any atom is -0.379 e. The fourth-order valence-electron chi connectivity index (χ4n) is 1.75. The highest BCUT2D eigenvalue weighted by molar-refractivity contribution is 5.23. The van der Waals surface area contributed by atoms with Gasteiger partial charge in [0.1, 0.15) is 11.6 Å². The van der Waals surface area contributed by atoms with Gasteiger partial charge in [-0.25, -0.2) is 8.78 Å². The van der Waals surface area contributed by atoms with E-state index in [2.05, 4.69) is 5.43 Å². The molecular weight excluding hydrogens is 238 g/mol. The lowest BCUT2D eigenvalue weighted by Crippen LogP contribution is -2.32. The highest BCUT2D eigenvalue weighted by Gasteiger charge is 2.23. The molecule has 18 heavy (non-hydrogen) atoms.